The predicted octanol–water partition coefficient (Wildman–Crippen LogP) is 2.26. The smallest absolute Gasteiger partial charge is 0.333 e. The van der Waals surface area contributed by atoms with Crippen LogP contribution in [0.1, 0.15) is 12.5 Å². The molecule has 0 atom stereocenters. The molecule has 0 radical (unpaired) electrons. The number of nitrogens with zero attached hydrogens (tertiary/aromatic N) is 1. The first-order valence-corrected chi connectivity index (χ1v) is 5.03. The second-order valence-electron chi connectivity index (χ2n) is 3.47. The minimum absolute atomic E-state index is 0.0569. The second-order valence-corrected chi connectivity index (χ2v) is 3.47. The van der Waals surface area contributed by atoms with E-state index in [2.05, 4.69) is 4.74 Å². The zero-order valence-corrected chi connectivity index (χ0v) is 9.67. The maximum absolute atomic E-state index is 11.1. The van der Waals surface area contributed by atoms with Crippen LogP contribution in [-0.2, 0) is 16.0 Å². The van der Waals surface area contributed by atoms with E-state index in [1.807, 2.05) is 0 Å². The molecule has 0 saturated carbocycles. The lowest BCUT2D eigenvalue weighted by Crippen LogP contribution is -2.02. The van der Waals surface area contributed by atoms with Gasteiger partial charge in [-0.25, -0.2) is 4.79 Å². The zero-order chi connectivity index (χ0) is 12.8. The number of nitro benzene ring substituents is 1. The maximum atomic E-state index is 11.1. The molecule has 0 aliphatic carbocycles. The normalized spacial score (nSPS) is 11.1. The summed E-state index contributed by atoms with van der Waals surface area (Å²) in [5, 5.41) is 10.7. The Morgan fingerprint density at radius 2 is 2.12 bits per heavy atom. The van der Waals surface area contributed by atoms with Crippen molar-refractivity contribution < 1.29 is 14.5 Å². The number of para-hydroxylation sites is 1. The van der Waals surface area contributed by atoms with Crippen molar-refractivity contribution in [2.75, 3.05) is 7.11 Å². The van der Waals surface area contributed by atoms with Gasteiger partial charge in [-0.2, -0.15) is 0 Å². The molecule has 0 fully saturated rings. The van der Waals surface area contributed by atoms with Gasteiger partial charge >= 0.3 is 5.97 Å². The minimum atomic E-state index is -0.434. The van der Waals surface area contributed by atoms with Gasteiger partial charge in [-0.1, -0.05) is 24.3 Å². The molecule has 5 heteroatoms. The molecule has 0 aliphatic rings. The predicted molar refractivity (Wildman–Crippen MR) is 62.6 cm³/mol. The van der Waals surface area contributed by atoms with Crippen molar-refractivity contribution in [3.8, 4) is 0 Å². The highest BCUT2D eigenvalue weighted by molar-refractivity contribution is 5.87. The van der Waals surface area contributed by atoms with Gasteiger partial charge in [-0.05, 0) is 13.3 Å². The van der Waals surface area contributed by atoms with Crippen molar-refractivity contribution in [1.29, 1.82) is 0 Å². The lowest BCUT2D eigenvalue weighted by molar-refractivity contribution is -0.385. The number of hydrogen-bond donors (Lipinski definition) is 0. The molecule has 0 aromatic heterocycles. The quantitative estimate of drug-likeness (QED) is 0.347. The largest absolute Gasteiger partial charge is 0.466 e. The molecule has 0 saturated heterocycles. The van der Waals surface area contributed by atoms with Gasteiger partial charge in [0.15, 0.2) is 0 Å². The summed E-state index contributed by atoms with van der Waals surface area (Å²) in [7, 11) is 1.30. The summed E-state index contributed by atoms with van der Waals surface area (Å²) < 4.78 is 4.54. The molecule has 1 aromatic carbocycles. The Morgan fingerprint density at radius 1 is 1.47 bits per heavy atom. The highest BCUT2D eigenvalue weighted by Gasteiger charge is 2.11. The lowest BCUT2D eigenvalue weighted by atomic mass is 10.1. The molecule has 17 heavy (non-hydrogen) atoms. The standard InChI is InChI=1S/C12H13NO4/c1-9(12(14)17-2)7-8-10-5-3-4-6-11(10)13(15)16/h3-7H,8H2,1-2H3. The molecule has 0 heterocycles. The Hall–Kier alpha value is -2.17. The average molecular weight is 235 g/mol. The topological polar surface area (TPSA) is 69.4 Å². The van der Waals surface area contributed by atoms with Crippen LogP contribution in [0.15, 0.2) is 35.9 Å². The maximum Gasteiger partial charge on any atom is 0.333 e. The average Bonchev–Trinajstić information content (AvgIpc) is 2.35. The van der Waals surface area contributed by atoms with E-state index in [0.29, 0.717) is 17.6 Å². The molecular formula is C12H13NO4. The van der Waals surface area contributed by atoms with Crippen molar-refractivity contribution in [1.82, 2.24) is 0 Å². The molecule has 1 aromatic rings. The Balaban J connectivity index is 2.89. The number of ether oxygens (including phenoxy) is 1. The van der Waals surface area contributed by atoms with Crippen LogP contribution >= 0.6 is 0 Å². The third-order valence-electron chi connectivity index (χ3n) is 2.32. The van der Waals surface area contributed by atoms with E-state index in [-0.39, 0.29) is 5.69 Å². The van der Waals surface area contributed by atoms with E-state index in [1.165, 1.54) is 13.2 Å². The van der Waals surface area contributed by atoms with Crippen LogP contribution in [0, 0.1) is 10.1 Å². The molecule has 0 N–H and O–H groups in total. The Morgan fingerprint density at radius 3 is 2.71 bits per heavy atom. The summed E-state index contributed by atoms with van der Waals surface area (Å²) in [6.45, 7) is 1.61. The fourth-order valence-corrected chi connectivity index (χ4v) is 1.37. The van der Waals surface area contributed by atoms with E-state index in [9.17, 15) is 14.9 Å². The molecule has 0 aliphatic heterocycles. The van der Waals surface area contributed by atoms with E-state index in [4.69, 9.17) is 0 Å². The highest BCUT2D eigenvalue weighted by atomic mass is 16.6. The highest BCUT2D eigenvalue weighted by Crippen LogP contribution is 2.18. The van der Waals surface area contributed by atoms with Crippen molar-refractivity contribution >= 4 is 11.7 Å². The molecule has 1 rings (SSSR count). The van der Waals surface area contributed by atoms with Crippen molar-refractivity contribution in [3.63, 3.8) is 0 Å². The first-order chi connectivity index (χ1) is 8.06. The Kier molecular flexibility index (Phi) is 4.39. The summed E-state index contributed by atoms with van der Waals surface area (Å²) in [5.74, 6) is -0.427. The molecule has 90 valence electrons. The van der Waals surface area contributed by atoms with Crippen LogP contribution in [0.5, 0.6) is 0 Å². The third-order valence-corrected chi connectivity index (χ3v) is 2.32. The van der Waals surface area contributed by atoms with Gasteiger partial charge in [0.05, 0.1) is 12.0 Å². The van der Waals surface area contributed by atoms with Gasteiger partial charge < -0.3 is 4.74 Å². The Bertz CT molecular complexity index is 465. The molecule has 0 unspecified atom stereocenters. The van der Waals surface area contributed by atoms with Gasteiger partial charge in [0.2, 0.25) is 0 Å². The SMILES string of the molecule is COC(=O)C(C)=CCc1ccccc1[N+](=O)[O-]. The number of nitro groups is 1. The van der Waals surface area contributed by atoms with Crippen molar-refractivity contribution in [3.05, 3.63) is 51.6 Å². The fraction of sp³-hybridized carbons (Fsp3) is 0.250. The fourth-order valence-electron chi connectivity index (χ4n) is 1.37. The Labute approximate surface area is 98.9 Å². The monoisotopic (exact) mass is 235 g/mol. The van der Waals surface area contributed by atoms with Crippen molar-refractivity contribution in [2.24, 2.45) is 0 Å². The summed E-state index contributed by atoms with van der Waals surface area (Å²) in [6, 6.07) is 6.44. The third kappa shape index (κ3) is 3.41. The number of rotatable bonds is 4. The summed E-state index contributed by atoms with van der Waals surface area (Å²) in [6.07, 6.45) is 1.95. The second kappa shape index (κ2) is 5.79. The van der Waals surface area contributed by atoms with Gasteiger partial charge in [0.1, 0.15) is 0 Å². The lowest BCUT2D eigenvalue weighted by Gasteiger charge is -2.01. The van der Waals surface area contributed by atoms with Gasteiger partial charge in [0.25, 0.3) is 5.69 Å². The number of benzene rings is 1. The van der Waals surface area contributed by atoms with E-state index < -0.39 is 10.9 Å². The zero-order valence-electron chi connectivity index (χ0n) is 9.67. The minimum Gasteiger partial charge on any atom is -0.466 e. The first-order valence-electron chi connectivity index (χ1n) is 5.03. The molecule has 0 amide bonds. The summed E-state index contributed by atoms with van der Waals surface area (Å²) >= 11 is 0. The van der Waals surface area contributed by atoms with Crippen LogP contribution in [0.25, 0.3) is 0 Å². The first kappa shape index (κ1) is 12.9. The number of esters is 1. The number of carbonyl (C=O) groups is 1. The molecule has 0 spiro atoms. The molecular weight excluding hydrogens is 222 g/mol. The van der Waals surface area contributed by atoms with Crippen molar-refractivity contribution in [2.45, 2.75) is 13.3 Å². The van der Waals surface area contributed by atoms with Gasteiger partial charge in [-0.3, -0.25) is 10.1 Å². The van der Waals surface area contributed by atoms with Crippen LogP contribution in [0.2, 0.25) is 0 Å². The number of allylic oxidation sites excluding steroid dienone is 1. The molecule has 0 bridgehead atoms. The van der Waals surface area contributed by atoms with E-state index in [0.717, 1.165) is 0 Å². The van der Waals surface area contributed by atoms with E-state index in [1.54, 1.807) is 31.2 Å². The van der Waals surface area contributed by atoms with Crippen LogP contribution in [0.4, 0.5) is 5.69 Å². The number of methoxy groups -OCH3 is 1. The number of carbonyl (C=O) groups excluding carboxylic acids is 1. The van der Waals surface area contributed by atoms with Crippen LogP contribution < -0.4 is 0 Å². The summed E-state index contributed by atoms with van der Waals surface area (Å²) in [4.78, 5) is 21.4. The van der Waals surface area contributed by atoms with E-state index >= 15 is 0 Å². The number of hydrogen-bond acceptors (Lipinski definition) is 4. The van der Waals surface area contributed by atoms with Crippen LogP contribution in [0.3, 0.4) is 0 Å². The summed E-state index contributed by atoms with van der Waals surface area (Å²) in [5.41, 5.74) is 1.06. The van der Waals surface area contributed by atoms with Gasteiger partial charge in [-0.15, -0.1) is 0 Å². The van der Waals surface area contributed by atoms with Crippen LogP contribution in [-0.4, -0.2) is 18.0 Å². The van der Waals surface area contributed by atoms with Gasteiger partial charge in [0, 0.05) is 17.2 Å². The molecule has 5 nitrogen and oxygen atoms in total.